The van der Waals surface area contributed by atoms with Gasteiger partial charge in [-0.3, -0.25) is 9.47 Å². The predicted octanol–water partition coefficient (Wildman–Crippen LogP) is 4.79. The lowest BCUT2D eigenvalue weighted by atomic mass is 10.1. The van der Waals surface area contributed by atoms with E-state index in [9.17, 15) is 0 Å². The van der Waals surface area contributed by atoms with Crippen LogP contribution in [0.3, 0.4) is 0 Å². The molecule has 36 heavy (non-hydrogen) atoms. The van der Waals surface area contributed by atoms with E-state index >= 15 is 0 Å². The number of rotatable bonds is 5. The molecule has 0 atom stereocenters. The molecule has 3 N–H and O–H groups in total. The number of halogens is 1. The van der Waals surface area contributed by atoms with Crippen LogP contribution >= 0.6 is 11.6 Å². The number of piperazine rings is 1. The van der Waals surface area contributed by atoms with E-state index < -0.39 is 0 Å². The Kier molecular flexibility index (Phi) is 6.11. The van der Waals surface area contributed by atoms with Crippen LogP contribution in [0.5, 0.6) is 0 Å². The van der Waals surface area contributed by atoms with Crippen LogP contribution in [0.15, 0.2) is 79.0 Å². The number of anilines is 1. The number of nitrogens with two attached hydrogens (primary N) is 1. The number of fused-ring (bicyclic) bond motifs is 1. The standard InChI is InChI=1S/C28H26ClN7/c29-23-6-2-1-4-21(23)24-11-12-25-28(33-24)36(27(34-25)22-5-3-13-32-26(22)30)20-9-7-19(8-10-20)18-35-16-14-31-15-17-35/h1-13,31H,14-18H2,(H2,30,32). The second-order valence-corrected chi connectivity index (χ2v) is 9.33. The number of imidazole rings is 1. The monoisotopic (exact) mass is 495 g/mol. The molecule has 0 bridgehead atoms. The van der Waals surface area contributed by atoms with E-state index in [1.165, 1.54) is 5.56 Å². The van der Waals surface area contributed by atoms with Crippen molar-refractivity contribution in [1.82, 2.24) is 29.7 Å². The molecule has 1 saturated heterocycles. The van der Waals surface area contributed by atoms with E-state index in [1.807, 2.05) is 48.5 Å². The Morgan fingerprint density at radius 1 is 0.861 bits per heavy atom. The molecule has 3 aromatic heterocycles. The Hall–Kier alpha value is -3.78. The molecule has 1 aliphatic heterocycles. The van der Waals surface area contributed by atoms with E-state index in [0.29, 0.717) is 16.7 Å². The summed E-state index contributed by atoms with van der Waals surface area (Å²) in [4.78, 5) is 16.7. The first-order valence-electron chi connectivity index (χ1n) is 12.0. The third-order valence-electron chi connectivity index (χ3n) is 6.54. The highest BCUT2D eigenvalue weighted by Crippen LogP contribution is 2.33. The minimum atomic E-state index is 0.427. The number of benzene rings is 2. The molecule has 0 radical (unpaired) electrons. The molecule has 0 spiro atoms. The van der Waals surface area contributed by atoms with Crippen molar-refractivity contribution in [3.63, 3.8) is 0 Å². The molecule has 5 aromatic rings. The van der Waals surface area contributed by atoms with Crippen LogP contribution < -0.4 is 11.1 Å². The van der Waals surface area contributed by atoms with Gasteiger partial charge in [0.15, 0.2) is 11.5 Å². The number of aromatic nitrogens is 4. The fraction of sp³-hybridized carbons (Fsp3) is 0.179. The quantitative estimate of drug-likeness (QED) is 0.364. The van der Waals surface area contributed by atoms with Gasteiger partial charge in [-0.1, -0.05) is 41.9 Å². The zero-order valence-corrected chi connectivity index (χ0v) is 20.5. The van der Waals surface area contributed by atoms with Crippen LogP contribution in [0.1, 0.15) is 5.56 Å². The maximum absolute atomic E-state index is 6.49. The van der Waals surface area contributed by atoms with E-state index in [-0.39, 0.29) is 0 Å². The average Bonchev–Trinajstić information content (AvgIpc) is 3.29. The summed E-state index contributed by atoms with van der Waals surface area (Å²) in [6.45, 7) is 5.13. The number of nitrogens with one attached hydrogen (secondary N) is 1. The van der Waals surface area contributed by atoms with Crippen molar-refractivity contribution in [2.75, 3.05) is 31.9 Å². The average molecular weight is 496 g/mol. The summed E-state index contributed by atoms with van der Waals surface area (Å²) < 4.78 is 2.05. The SMILES string of the molecule is Nc1ncccc1-c1nc2ccc(-c3ccccc3Cl)nc2n1-c1ccc(CN2CCNCC2)cc1. The first-order valence-corrected chi connectivity index (χ1v) is 12.4. The molecule has 4 heterocycles. The van der Waals surface area contributed by atoms with Gasteiger partial charge >= 0.3 is 0 Å². The third-order valence-corrected chi connectivity index (χ3v) is 6.87. The fourth-order valence-corrected chi connectivity index (χ4v) is 4.92. The van der Waals surface area contributed by atoms with Crippen LogP contribution in [0, 0.1) is 0 Å². The topological polar surface area (TPSA) is 84.9 Å². The minimum Gasteiger partial charge on any atom is -0.383 e. The van der Waals surface area contributed by atoms with Gasteiger partial charge in [-0.25, -0.2) is 15.0 Å². The Balaban J connectivity index is 1.48. The first kappa shape index (κ1) is 22.7. The first-order chi connectivity index (χ1) is 17.7. The molecule has 180 valence electrons. The summed E-state index contributed by atoms with van der Waals surface area (Å²) in [6.07, 6.45) is 1.69. The Bertz CT molecular complexity index is 1520. The number of pyridine rings is 2. The Morgan fingerprint density at radius 2 is 1.64 bits per heavy atom. The maximum atomic E-state index is 6.49. The smallest absolute Gasteiger partial charge is 0.165 e. The highest BCUT2D eigenvalue weighted by Gasteiger charge is 2.19. The summed E-state index contributed by atoms with van der Waals surface area (Å²) in [6, 6.07) is 24.1. The van der Waals surface area contributed by atoms with Gasteiger partial charge in [0, 0.05) is 55.2 Å². The summed E-state index contributed by atoms with van der Waals surface area (Å²) >= 11 is 6.49. The van der Waals surface area contributed by atoms with E-state index in [2.05, 4.69) is 44.0 Å². The molecule has 0 amide bonds. The molecular formula is C28H26ClN7. The second-order valence-electron chi connectivity index (χ2n) is 8.92. The van der Waals surface area contributed by atoms with Crippen molar-refractivity contribution in [3.8, 4) is 28.3 Å². The van der Waals surface area contributed by atoms with Crippen molar-refractivity contribution >= 4 is 28.6 Å². The summed E-state index contributed by atoms with van der Waals surface area (Å²) in [5.74, 6) is 1.13. The maximum Gasteiger partial charge on any atom is 0.165 e. The predicted molar refractivity (Wildman–Crippen MR) is 145 cm³/mol. The summed E-state index contributed by atoms with van der Waals surface area (Å²) in [5, 5.41) is 4.07. The van der Waals surface area contributed by atoms with Gasteiger partial charge in [0.05, 0.1) is 11.3 Å². The van der Waals surface area contributed by atoms with Crippen LogP contribution in [0.4, 0.5) is 5.82 Å². The van der Waals surface area contributed by atoms with Crippen LogP contribution in [-0.2, 0) is 6.54 Å². The van der Waals surface area contributed by atoms with Gasteiger partial charge in [-0.15, -0.1) is 0 Å². The second kappa shape index (κ2) is 9.70. The zero-order valence-electron chi connectivity index (χ0n) is 19.7. The third kappa shape index (κ3) is 4.33. The Morgan fingerprint density at radius 3 is 2.42 bits per heavy atom. The van der Waals surface area contributed by atoms with Crippen molar-refractivity contribution < 1.29 is 0 Å². The molecule has 1 aliphatic rings. The highest BCUT2D eigenvalue weighted by atomic mass is 35.5. The van der Waals surface area contributed by atoms with Crippen molar-refractivity contribution in [3.05, 3.63) is 89.6 Å². The zero-order chi connectivity index (χ0) is 24.5. The number of nitrogens with zero attached hydrogens (tertiary/aromatic N) is 5. The Labute approximate surface area is 214 Å². The van der Waals surface area contributed by atoms with Crippen molar-refractivity contribution in [2.45, 2.75) is 6.54 Å². The van der Waals surface area contributed by atoms with Gasteiger partial charge < -0.3 is 11.1 Å². The lowest BCUT2D eigenvalue weighted by Gasteiger charge is -2.27. The molecule has 0 saturated carbocycles. The van der Waals surface area contributed by atoms with Crippen molar-refractivity contribution in [2.24, 2.45) is 0 Å². The molecule has 0 unspecified atom stereocenters. The molecule has 0 aliphatic carbocycles. The molecule has 1 fully saturated rings. The summed E-state index contributed by atoms with van der Waals surface area (Å²) in [7, 11) is 0. The minimum absolute atomic E-state index is 0.427. The molecule has 2 aromatic carbocycles. The van der Waals surface area contributed by atoms with Crippen LogP contribution in [-0.4, -0.2) is 50.6 Å². The summed E-state index contributed by atoms with van der Waals surface area (Å²) in [5.41, 5.74) is 12.5. The van der Waals surface area contributed by atoms with Crippen molar-refractivity contribution in [1.29, 1.82) is 0 Å². The highest BCUT2D eigenvalue weighted by molar-refractivity contribution is 6.33. The number of hydrogen-bond donors (Lipinski definition) is 2. The largest absolute Gasteiger partial charge is 0.383 e. The van der Waals surface area contributed by atoms with E-state index in [4.69, 9.17) is 27.3 Å². The molecule has 6 rings (SSSR count). The lowest BCUT2D eigenvalue weighted by molar-refractivity contribution is 0.233. The van der Waals surface area contributed by atoms with Crippen LogP contribution in [0.2, 0.25) is 5.02 Å². The molecule has 8 heteroatoms. The van der Waals surface area contributed by atoms with Gasteiger partial charge in [-0.2, -0.15) is 0 Å². The number of hydrogen-bond acceptors (Lipinski definition) is 6. The normalized spacial score (nSPS) is 14.4. The van der Waals surface area contributed by atoms with Gasteiger partial charge in [0.2, 0.25) is 0 Å². The van der Waals surface area contributed by atoms with Gasteiger partial charge in [0.25, 0.3) is 0 Å². The van der Waals surface area contributed by atoms with Gasteiger partial charge in [-0.05, 0) is 48.0 Å². The fourth-order valence-electron chi connectivity index (χ4n) is 4.69. The van der Waals surface area contributed by atoms with Crippen LogP contribution in [0.25, 0.3) is 39.5 Å². The molecule has 7 nitrogen and oxygen atoms in total. The lowest BCUT2D eigenvalue weighted by Crippen LogP contribution is -2.42. The van der Waals surface area contributed by atoms with Gasteiger partial charge in [0.1, 0.15) is 11.3 Å². The van der Waals surface area contributed by atoms with E-state index in [1.54, 1.807) is 6.20 Å². The van der Waals surface area contributed by atoms with E-state index in [0.717, 1.165) is 66.4 Å². The number of nitrogen functional groups attached to an aromatic ring is 1. The molecular weight excluding hydrogens is 470 g/mol.